The number of carbonyl (C=O) groups excluding carboxylic acids is 1. The Morgan fingerprint density at radius 1 is 1.42 bits per heavy atom. The molecule has 0 bridgehead atoms. The van der Waals surface area contributed by atoms with Crippen LogP contribution in [0.25, 0.3) is 0 Å². The number of rotatable bonds is 3. The number of pyridine rings is 1. The second-order valence-corrected chi connectivity index (χ2v) is 6.29. The largest absolute Gasteiger partial charge is 0.363 e. The molecule has 8 heteroatoms. The van der Waals surface area contributed by atoms with E-state index in [4.69, 9.17) is 16.9 Å². The molecular weight excluding hydrogens is 328 g/mol. The molecule has 1 aliphatic heterocycles. The van der Waals surface area contributed by atoms with Gasteiger partial charge in [0.15, 0.2) is 0 Å². The maximum atomic E-state index is 12.2. The lowest BCUT2D eigenvalue weighted by molar-refractivity contribution is -0.127. The summed E-state index contributed by atoms with van der Waals surface area (Å²) in [6.45, 7) is 1.98. The molecule has 1 saturated heterocycles. The maximum absolute atomic E-state index is 12.2. The minimum atomic E-state index is -0.177. The fourth-order valence-electron chi connectivity index (χ4n) is 3.01. The summed E-state index contributed by atoms with van der Waals surface area (Å²) in [6, 6.07) is 3.23. The highest BCUT2D eigenvalue weighted by Gasteiger charge is 2.40. The Morgan fingerprint density at radius 2 is 2.17 bits per heavy atom. The topological polar surface area (TPSA) is 86.8 Å². The highest BCUT2D eigenvalue weighted by Crippen LogP contribution is 2.36. The Balaban J connectivity index is 1.93. The molecule has 2 atom stereocenters. The summed E-state index contributed by atoms with van der Waals surface area (Å²) in [5.41, 5.74) is 2.39. The molecule has 0 aliphatic carbocycles. The third-order valence-corrected chi connectivity index (χ3v) is 4.76. The van der Waals surface area contributed by atoms with Crippen LogP contribution in [0.1, 0.15) is 29.3 Å². The van der Waals surface area contributed by atoms with Crippen molar-refractivity contribution in [3.05, 3.63) is 40.3 Å². The number of hydrogen-bond acceptors (Lipinski definition) is 5. The summed E-state index contributed by atoms with van der Waals surface area (Å²) in [7, 11) is 3.66. The number of nitrogens with one attached hydrogen (secondary N) is 1. The SMILES string of the molecule is Cc1c([C@H]2[C@H](Nc3ncc(C#N)cc3Cl)CC(=O)N2C)cnn1C. The van der Waals surface area contributed by atoms with Crippen LogP contribution < -0.4 is 5.32 Å². The van der Waals surface area contributed by atoms with Gasteiger partial charge in [0.1, 0.15) is 11.9 Å². The third-order valence-electron chi connectivity index (χ3n) is 4.47. The van der Waals surface area contributed by atoms with Crippen molar-refractivity contribution < 1.29 is 4.79 Å². The normalized spacial score (nSPS) is 20.3. The first-order valence-corrected chi connectivity index (χ1v) is 7.86. The van der Waals surface area contributed by atoms with E-state index in [0.29, 0.717) is 22.8 Å². The molecular formula is C16H17ClN6O. The van der Waals surface area contributed by atoms with Crippen molar-refractivity contribution in [2.45, 2.75) is 25.4 Å². The van der Waals surface area contributed by atoms with Crippen molar-refractivity contribution in [3.8, 4) is 6.07 Å². The molecule has 2 aromatic heterocycles. The van der Waals surface area contributed by atoms with E-state index in [1.54, 1.807) is 28.9 Å². The molecule has 3 heterocycles. The van der Waals surface area contributed by atoms with Crippen molar-refractivity contribution in [2.24, 2.45) is 7.05 Å². The molecule has 0 aromatic carbocycles. The van der Waals surface area contributed by atoms with Crippen molar-refractivity contribution in [2.75, 3.05) is 12.4 Å². The number of hydrogen-bond donors (Lipinski definition) is 1. The zero-order valence-corrected chi connectivity index (χ0v) is 14.4. The van der Waals surface area contributed by atoms with Crippen molar-refractivity contribution in [1.82, 2.24) is 19.7 Å². The number of nitriles is 1. The molecule has 1 N–H and O–H groups in total. The summed E-state index contributed by atoms with van der Waals surface area (Å²) in [5.74, 6) is 0.515. The quantitative estimate of drug-likeness (QED) is 0.920. The van der Waals surface area contributed by atoms with Gasteiger partial charge in [-0.2, -0.15) is 10.4 Å². The van der Waals surface area contributed by atoms with Gasteiger partial charge in [-0.3, -0.25) is 9.48 Å². The molecule has 124 valence electrons. The van der Waals surface area contributed by atoms with Gasteiger partial charge in [0, 0.05) is 38.0 Å². The van der Waals surface area contributed by atoms with Gasteiger partial charge >= 0.3 is 0 Å². The number of anilines is 1. The second kappa shape index (κ2) is 6.13. The highest BCUT2D eigenvalue weighted by molar-refractivity contribution is 6.33. The third kappa shape index (κ3) is 2.69. The van der Waals surface area contributed by atoms with Crippen LogP contribution in [0.4, 0.5) is 5.82 Å². The van der Waals surface area contributed by atoms with Gasteiger partial charge in [-0.1, -0.05) is 11.6 Å². The van der Waals surface area contributed by atoms with Crippen LogP contribution in [-0.4, -0.2) is 38.7 Å². The Hall–Kier alpha value is -2.59. The minimum absolute atomic E-state index is 0.0468. The second-order valence-electron chi connectivity index (χ2n) is 5.88. The first kappa shape index (κ1) is 16.3. The molecule has 1 fully saturated rings. The van der Waals surface area contributed by atoms with Crippen LogP contribution in [0, 0.1) is 18.3 Å². The standard InChI is InChI=1S/C16H17ClN6O/c1-9-11(8-20-23(9)3)15-13(5-14(24)22(15)2)21-16-12(17)4-10(6-18)7-19-16/h4,7-8,13,15H,5H2,1-3H3,(H,19,21)/t13-,15+/m1/s1. The predicted molar refractivity (Wildman–Crippen MR) is 89.4 cm³/mol. The number of likely N-dealkylation sites (N-methyl/N-ethyl adjacent to an activating group) is 1. The monoisotopic (exact) mass is 344 g/mol. The maximum Gasteiger partial charge on any atom is 0.225 e. The molecule has 0 radical (unpaired) electrons. The first-order chi connectivity index (χ1) is 11.4. The van der Waals surface area contributed by atoms with E-state index in [0.717, 1.165) is 11.3 Å². The summed E-state index contributed by atoms with van der Waals surface area (Å²) >= 11 is 6.20. The average Bonchev–Trinajstić information content (AvgIpc) is 3.02. The molecule has 1 aliphatic rings. The molecule has 1 amide bonds. The summed E-state index contributed by atoms with van der Waals surface area (Å²) in [5, 5.41) is 16.8. The summed E-state index contributed by atoms with van der Waals surface area (Å²) < 4.78 is 1.79. The summed E-state index contributed by atoms with van der Waals surface area (Å²) in [6.07, 6.45) is 3.59. The lowest BCUT2D eigenvalue weighted by Gasteiger charge is -2.26. The fraction of sp³-hybridized carbons (Fsp3) is 0.375. The van der Waals surface area contributed by atoms with Gasteiger partial charge in [0.25, 0.3) is 0 Å². The Labute approximate surface area is 144 Å². The van der Waals surface area contributed by atoms with Crippen LogP contribution in [0.2, 0.25) is 5.02 Å². The van der Waals surface area contributed by atoms with Gasteiger partial charge in [0.05, 0.1) is 28.9 Å². The van der Waals surface area contributed by atoms with Gasteiger partial charge in [-0.05, 0) is 13.0 Å². The zero-order valence-electron chi connectivity index (χ0n) is 13.6. The molecule has 0 unspecified atom stereocenters. The van der Waals surface area contributed by atoms with Gasteiger partial charge in [0.2, 0.25) is 5.91 Å². The van der Waals surface area contributed by atoms with E-state index in [1.807, 2.05) is 20.0 Å². The molecule has 7 nitrogen and oxygen atoms in total. The molecule has 0 saturated carbocycles. The number of aromatic nitrogens is 3. The lowest BCUT2D eigenvalue weighted by atomic mass is 10.0. The predicted octanol–water partition coefficient (Wildman–Crippen LogP) is 2.03. The van der Waals surface area contributed by atoms with E-state index in [-0.39, 0.29) is 18.0 Å². The van der Waals surface area contributed by atoms with Crippen molar-refractivity contribution >= 4 is 23.3 Å². The Morgan fingerprint density at radius 3 is 2.75 bits per heavy atom. The van der Waals surface area contributed by atoms with Crippen molar-refractivity contribution in [3.63, 3.8) is 0 Å². The lowest BCUT2D eigenvalue weighted by Crippen LogP contribution is -2.30. The number of amides is 1. The van der Waals surface area contributed by atoms with Crippen LogP contribution in [0.5, 0.6) is 0 Å². The molecule has 24 heavy (non-hydrogen) atoms. The number of nitrogens with zero attached hydrogens (tertiary/aromatic N) is 5. The average molecular weight is 345 g/mol. The van der Waals surface area contributed by atoms with E-state index in [9.17, 15) is 4.79 Å². The Bertz CT molecular complexity index is 840. The van der Waals surface area contributed by atoms with Crippen LogP contribution in [0.3, 0.4) is 0 Å². The number of aryl methyl sites for hydroxylation is 1. The van der Waals surface area contributed by atoms with E-state index in [2.05, 4.69) is 15.4 Å². The number of halogens is 1. The number of carbonyl (C=O) groups is 1. The van der Waals surface area contributed by atoms with E-state index in [1.165, 1.54) is 6.20 Å². The van der Waals surface area contributed by atoms with E-state index >= 15 is 0 Å². The molecule has 3 rings (SSSR count). The number of likely N-dealkylation sites (tertiary alicyclic amines) is 1. The van der Waals surface area contributed by atoms with Gasteiger partial charge < -0.3 is 10.2 Å². The molecule has 0 spiro atoms. The van der Waals surface area contributed by atoms with Gasteiger partial charge in [-0.15, -0.1) is 0 Å². The molecule has 2 aromatic rings. The van der Waals surface area contributed by atoms with Crippen molar-refractivity contribution in [1.29, 1.82) is 5.26 Å². The highest BCUT2D eigenvalue weighted by atomic mass is 35.5. The summed E-state index contributed by atoms with van der Waals surface area (Å²) in [4.78, 5) is 18.1. The van der Waals surface area contributed by atoms with Gasteiger partial charge in [-0.25, -0.2) is 4.98 Å². The fourth-order valence-corrected chi connectivity index (χ4v) is 3.23. The Kier molecular flexibility index (Phi) is 4.16. The first-order valence-electron chi connectivity index (χ1n) is 7.48. The van der Waals surface area contributed by atoms with Crippen LogP contribution in [0.15, 0.2) is 18.5 Å². The van der Waals surface area contributed by atoms with Crippen LogP contribution >= 0.6 is 11.6 Å². The zero-order chi connectivity index (χ0) is 17.4. The minimum Gasteiger partial charge on any atom is -0.363 e. The smallest absolute Gasteiger partial charge is 0.225 e. The van der Waals surface area contributed by atoms with E-state index < -0.39 is 0 Å². The van der Waals surface area contributed by atoms with Crippen LogP contribution in [-0.2, 0) is 11.8 Å².